The molecule has 156 valence electrons. The molecule has 0 fully saturated rings. The van der Waals surface area contributed by atoms with Gasteiger partial charge in [0, 0.05) is 5.56 Å². The van der Waals surface area contributed by atoms with Crippen molar-refractivity contribution in [2.24, 2.45) is 10.2 Å². The van der Waals surface area contributed by atoms with Crippen LogP contribution in [0.15, 0.2) is 107 Å². The monoisotopic (exact) mass is 422 g/mol. The van der Waals surface area contributed by atoms with Gasteiger partial charge in [-0.25, -0.2) is 9.59 Å². The van der Waals surface area contributed by atoms with Crippen LogP contribution in [0.1, 0.15) is 20.7 Å². The SMILES string of the molecule is O=C(O)c1ccc(-c2ccc(-c3ccc(C(=O)O)cc3)c(N=Nc3ccccc3)c2)cc1. The highest BCUT2D eigenvalue weighted by molar-refractivity contribution is 5.90. The lowest BCUT2D eigenvalue weighted by molar-refractivity contribution is 0.0686. The summed E-state index contributed by atoms with van der Waals surface area (Å²) in [5.41, 5.74) is 5.04. The van der Waals surface area contributed by atoms with E-state index in [9.17, 15) is 9.59 Å². The summed E-state index contributed by atoms with van der Waals surface area (Å²) in [5, 5.41) is 27.1. The van der Waals surface area contributed by atoms with E-state index in [1.165, 1.54) is 0 Å². The Morgan fingerprint density at radius 1 is 0.562 bits per heavy atom. The van der Waals surface area contributed by atoms with Gasteiger partial charge in [0.1, 0.15) is 0 Å². The van der Waals surface area contributed by atoms with Crippen LogP contribution in [-0.4, -0.2) is 22.2 Å². The van der Waals surface area contributed by atoms with E-state index in [0.29, 0.717) is 11.4 Å². The smallest absolute Gasteiger partial charge is 0.335 e. The van der Waals surface area contributed by atoms with Crippen LogP contribution in [0.25, 0.3) is 22.3 Å². The van der Waals surface area contributed by atoms with Crippen LogP contribution in [0.3, 0.4) is 0 Å². The van der Waals surface area contributed by atoms with Crippen molar-refractivity contribution in [1.29, 1.82) is 0 Å². The summed E-state index contributed by atoms with van der Waals surface area (Å²) in [6, 6.07) is 28.2. The van der Waals surface area contributed by atoms with Gasteiger partial charge in [-0.05, 0) is 59.2 Å². The number of benzene rings is 4. The van der Waals surface area contributed by atoms with Gasteiger partial charge in [-0.3, -0.25) is 0 Å². The average Bonchev–Trinajstić information content (AvgIpc) is 2.83. The number of azo groups is 1. The summed E-state index contributed by atoms with van der Waals surface area (Å²) in [5.74, 6) is -1.96. The van der Waals surface area contributed by atoms with Gasteiger partial charge in [-0.15, -0.1) is 5.11 Å². The molecule has 0 aliphatic carbocycles. The molecule has 0 atom stereocenters. The number of hydrogen-bond acceptors (Lipinski definition) is 4. The number of rotatable bonds is 6. The van der Waals surface area contributed by atoms with Gasteiger partial charge in [0.15, 0.2) is 0 Å². The van der Waals surface area contributed by atoms with Crippen LogP contribution in [-0.2, 0) is 0 Å². The fourth-order valence-electron chi connectivity index (χ4n) is 3.24. The average molecular weight is 422 g/mol. The predicted molar refractivity (Wildman–Crippen MR) is 122 cm³/mol. The van der Waals surface area contributed by atoms with Crippen molar-refractivity contribution in [3.8, 4) is 22.3 Å². The molecule has 6 nitrogen and oxygen atoms in total. The number of aromatic carboxylic acids is 2. The highest BCUT2D eigenvalue weighted by Crippen LogP contribution is 2.35. The standard InChI is InChI=1S/C26H18N2O4/c29-25(30)19-10-6-17(7-11-19)21-14-15-23(18-8-12-20(13-9-18)26(31)32)24(16-21)28-27-22-4-2-1-3-5-22/h1-16H,(H,29,30)(H,31,32). The minimum Gasteiger partial charge on any atom is -0.478 e. The molecule has 4 aromatic rings. The molecule has 0 aliphatic heterocycles. The normalized spacial score (nSPS) is 10.9. The second-order valence-corrected chi connectivity index (χ2v) is 7.03. The molecule has 0 aromatic heterocycles. The first kappa shape index (κ1) is 20.7. The van der Waals surface area contributed by atoms with E-state index >= 15 is 0 Å². The molecule has 2 N–H and O–H groups in total. The molecule has 6 heteroatoms. The van der Waals surface area contributed by atoms with Crippen LogP contribution in [0.5, 0.6) is 0 Å². The molecule has 32 heavy (non-hydrogen) atoms. The Bertz CT molecular complexity index is 1300. The van der Waals surface area contributed by atoms with Crippen LogP contribution in [0.4, 0.5) is 11.4 Å². The summed E-state index contributed by atoms with van der Waals surface area (Å²) < 4.78 is 0. The Morgan fingerprint density at radius 2 is 1.09 bits per heavy atom. The lowest BCUT2D eigenvalue weighted by Gasteiger charge is -2.10. The Kier molecular flexibility index (Phi) is 5.85. The summed E-state index contributed by atoms with van der Waals surface area (Å²) in [7, 11) is 0. The Morgan fingerprint density at radius 3 is 1.66 bits per heavy atom. The molecule has 0 bridgehead atoms. The molecule has 0 amide bonds. The third-order valence-corrected chi connectivity index (χ3v) is 4.94. The summed E-state index contributed by atoms with van der Waals surface area (Å²) in [6.45, 7) is 0. The molecule has 0 aliphatic rings. The highest BCUT2D eigenvalue weighted by atomic mass is 16.4. The van der Waals surface area contributed by atoms with Gasteiger partial charge < -0.3 is 10.2 Å². The number of nitrogens with zero attached hydrogens (tertiary/aromatic N) is 2. The van der Waals surface area contributed by atoms with E-state index < -0.39 is 11.9 Å². The maximum atomic E-state index is 11.2. The van der Waals surface area contributed by atoms with Crippen molar-refractivity contribution < 1.29 is 19.8 Å². The summed E-state index contributed by atoms with van der Waals surface area (Å²) in [4.78, 5) is 22.3. The number of hydrogen-bond donors (Lipinski definition) is 2. The fraction of sp³-hybridized carbons (Fsp3) is 0. The van der Waals surface area contributed by atoms with E-state index in [1.807, 2.05) is 48.5 Å². The Hall–Kier alpha value is -4.58. The van der Waals surface area contributed by atoms with Crippen molar-refractivity contribution in [1.82, 2.24) is 0 Å². The lowest BCUT2D eigenvalue weighted by Crippen LogP contribution is -1.95. The van der Waals surface area contributed by atoms with E-state index in [1.54, 1.807) is 48.5 Å². The molecular weight excluding hydrogens is 404 g/mol. The number of carboxylic acids is 2. The van der Waals surface area contributed by atoms with Crippen molar-refractivity contribution in [2.75, 3.05) is 0 Å². The number of carbonyl (C=O) groups is 2. The van der Waals surface area contributed by atoms with E-state index in [4.69, 9.17) is 10.2 Å². The van der Waals surface area contributed by atoms with Crippen molar-refractivity contribution in [3.63, 3.8) is 0 Å². The molecule has 0 radical (unpaired) electrons. The molecule has 4 rings (SSSR count). The molecule has 0 saturated heterocycles. The molecule has 0 spiro atoms. The third-order valence-electron chi connectivity index (χ3n) is 4.94. The third kappa shape index (κ3) is 4.60. The van der Waals surface area contributed by atoms with Crippen LogP contribution >= 0.6 is 0 Å². The maximum absolute atomic E-state index is 11.2. The van der Waals surface area contributed by atoms with Gasteiger partial charge in [0.05, 0.1) is 22.5 Å². The van der Waals surface area contributed by atoms with Crippen LogP contribution < -0.4 is 0 Å². The summed E-state index contributed by atoms with van der Waals surface area (Å²) in [6.07, 6.45) is 0. The zero-order valence-corrected chi connectivity index (χ0v) is 16.8. The Balaban J connectivity index is 1.77. The topological polar surface area (TPSA) is 99.3 Å². The zero-order chi connectivity index (χ0) is 22.5. The largest absolute Gasteiger partial charge is 0.478 e. The Labute approximate surface area is 184 Å². The fourth-order valence-corrected chi connectivity index (χ4v) is 3.24. The van der Waals surface area contributed by atoms with Gasteiger partial charge in [-0.1, -0.05) is 54.6 Å². The van der Waals surface area contributed by atoms with Gasteiger partial charge in [-0.2, -0.15) is 5.11 Å². The minimum atomic E-state index is -0.985. The molecule has 0 heterocycles. The van der Waals surface area contributed by atoms with Gasteiger partial charge >= 0.3 is 11.9 Å². The first-order valence-electron chi connectivity index (χ1n) is 9.79. The zero-order valence-electron chi connectivity index (χ0n) is 16.8. The first-order chi connectivity index (χ1) is 15.5. The minimum absolute atomic E-state index is 0.205. The van der Waals surface area contributed by atoms with Crippen LogP contribution in [0.2, 0.25) is 0 Å². The molecule has 0 saturated carbocycles. The van der Waals surface area contributed by atoms with Gasteiger partial charge in [0.2, 0.25) is 0 Å². The second-order valence-electron chi connectivity index (χ2n) is 7.03. The highest BCUT2D eigenvalue weighted by Gasteiger charge is 2.10. The van der Waals surface area contributed by atoms with Gasteiger partial charge in [0.25, 0.3) is 0 Å². The molecule has 4 aromatic carbocycles. The van der Waals surface area contributed by atoms with E-state index in [2.05, 4.69) is 10.2 Å². The van der Waals surface area contributed by atoms with Crippen molar-refractivity contribution in [3.05, 3.63) is 108 Å². The van der Waals surface area contributed by atoms with E-state index in [0.717, 1.165) is 22.3 Å². The lowest BCUT2D eigenvalue weighted by atomic mass is 9.97. The second kappa shape index (κ2) is 9.06. The van der Waals surface area contributed by atoms with E-state index in [-0.39, 0.29) is 11.1 Å². The van der Waals surface area contributed by atoms with Crippen molar-refractivity contribution in [2.45, 2.75) is 0 Å². The maximum Gasteiger partial charge on any atom is 0.335 e. The number of carboxylic acid groups (broad SMARTS) is 2. The molecular formula is C26H18N2O4. The van der Waals surface area contributed by atoms with Crippen molar-refractivity contribution >= 4 is 23.3 Å². The molecule has 0 unspecified atom stereocenters. The summed E-state index contributed by atoms with van der Waals surface area (Å²) >= 11 is 0. The first-order valence-corrected chi connectivity index (χ1v) is 9.79. The predicted octanol–water partition coefficient (Wildman–Crippen LogP) is 6.83. The van der Waals surface area contributed by atoms with Crippen LogP contribution in [0, 0.1) is 0 Å². The quantitative estimate of drug-likeness (QED) is 0.333.